The van der Waals surface area contributed by atoms with Crippen LogP contribution in [0.3, 0.4) is 0 Å². The lowest BCUT2D eigenvalue weighted by atomic mass is 10.1. The van der Waals surface area contributed by atoms with Crippen molar-refractivity contribution in [3.63, 3.8) is 0 Å². The van der Waals surface area contributed by atoms with E-state index in [1.54, 1.807) is 12.4 Å². The molecule has 1 saturated heterocycles. The van der Waals surface area contributed by atoms with Gasteiger partial charge in [-0.25, -0.2) is 14.2 Å². The Hall–Kier alpha value is -4.26. The standard InChI is InChI=1S/C24H26FN7.C2HF3O2/c25-19-9-4-10-20(16-19)32-17-28-21-22(27-11-5-8-18-6-2-1-3-7-18)29-24(30-23(21)32)31-14-12-26-13-15-31;3-2(4,5)1(6)7/h1-4,6-7,9-10,16-17,26H,5,8,11-15H2,(H,27,29,30);(H,6,7). The maximum absolute atomic E-state index is 13.9. The summed E-state index contributed by atoms with van der Waals surface area (Å²) in [5.74, 6) is -1.66. The first-order chi connectivity index (χ1) is 18.7. The second kappa shape index (κ2) is 12.5. The molecule has 0 aliphatic carbocycles. The second-order valence-corrected chi connectivity index (χ2v) is 8.69. The average Bonchev–Trinajstić information content (AvgIpc) is 3.36. The number of carboxylic acid groups (broad SMARTS) is 1. The Morgan fingerprint density at radius 1 is 1.05 bits per heavy atom. The average molecular weight is 546 g/mol. The Labute approximate surface area is 221 Å². The summed E-state index contributed by atoms with van der Waals surface area (Å²) in [7, 11) is 0. The normalized spacial score (nSPS) is 13.6. The van der Waals surface area contributed by atoms with Crippen molar-refractivity contribution in [2.75, 3.05) is 42.9 Å². The van der Waals surface area contributed by atoms with Crippen molar-refractivity contribution in [2.24, 2.45) is 0 Å². The number of rotatable bonds is 7. The maximum Gasteiger partial charge on any atom is 0.490 e. The molecule has 0 spiro atoms. The molecule has 206 valence electrons. The third kappa shape index (κ3) is 7.41. The summed E-state index contributed by atoms with van der Waals surface area (Å²) in [5.41, 5.74) is 3.36. The number of halogens is 4. The van der Waals surface area contributed by atoms with Crippen molar-refractivity contribution >= 4 is 28.9 Å². The van der Waals surface area contributed by atoms with Gasteiger partial charge in [0.1, 0.15) is 12.1 Å². The largest absolute Gasteiger partial charge is 0.490 e. The van der Waals surface area contributed by atoms with Crippen LogP contribution in [0.25, 0.3) is 16.9 Å². The van der Waals surface area contributed by atoms with Crippen LogP contribution in [0.4, 0.5) is 29.3 Å². The summed E-state index contributed by atoms with van der Waals surface area (Å²) < 4.78 is 47.4. The van der Waals surface area contributed by atoms with Crippen LogP contribution in [-0.4, -0.2) is 69.5 Å². The van der Waals surface area contributed by atoms with Crippen LogP contribution in [0.1, 0.15) is 12.0 Å². The first-order valence-electron chi connectivity index (χ1n) is 12.3. The molecule has 0 unspecified atom stereocenters. The Balaban J connectivity index is 0.000000448. The van der Waals surface area contributed by atoms with Crippen molar-refractivity contribution in [3.8, 4) is 5.69 Å². The highest BCUT2D eigenvalue weighted by Crippen LogP contribution is 2.25. The maximum atomic E-state index is 13.9. The zero-order valence-corrected chi connectivity index (χ0v) is 20.8. The van der Waals surface area contributed by atoms with E-state index in [1.165, 1.54) is 17.7 Å². The Bertz CT molecular complexity index is 1390. The molecule has 0 saturated carbocycles. The number of aliphatic carboxylic acids is 1. The summed E-state index contributed by atoms with van der Waals surface area (Å²) in [6, 6.07) is 16.9. The van der Waals surface area contributed by atoms with Crippen molar-refractivity contribution in [1.82, 2.24) is 24.8 Å². The van der Waals surface area contributed by atoms with Gasteiger partial charge in [0.25, 0.3) is 0 Å². The van der Waals surface area contributed by atoms with Crippen LogP contribution in [0.2, 0.25) is 0 Å². The molecule has 2 aromatic carbocycles. The lowest BCUT2D eigenvalue weighted by Gasteiger charge is -2.27. The number of piperazine rings is 1. The van der Waals surface area contributed by atoms with E-state index in [0.29, 0.717) is 28.6 Å². The van der Waals surface area contributed by atoms with Gasteiger partial charge in [-0.3, -0.25) is 4.57 Å². The number of benzene rings is 2. The van der Waals surface area contributed by atoms with Gasteiger partial charge in [0.15, 0.2) is 17.0 Å². The number of hydrogen-bond acceptors (Lipinski definition) is 7. The van der Waals surface area contributed by atoms with E-state index in [0.717, 1.165) is 45.6 Å². The molecule has 3 N–H and O–H groups in total. The number of imidazole rings is 1. The fourth-order valence-corrected chi connectivity index (χ4v) is 3.98. The molecule has 3 heterocycles. The van der Waals surface area contributed by atoms with Crippen LogP contribution in [0.15, 0.2) is 60.9 Å². The van der Waals surface area contributed by atoms with Crippen molar-refractivity contribution < 1.29 is 27.5 Å². The predicted molar refractivity (Wildman–Crippen MR) is 139 cm³/mol. The highest BCUT2D eigenvalue weighted by Gasteiger charge is 2.38. The van der Waals surface area contributed by atoms with Crippen molar-refractivity contribution in [1.29, 1.82) is 0 Å². The predicted octanol–water partition coefficient (Wildman–Crippen LogP) is 4.04. The minimum Gasteiger partial charge on any atom is -0.475 e. The highest BCUT2D eigenvalue weighted by atomic mass is 19.4. The minimum atomic E-state index is -5.08. The molecule has 2 aromatic heterocycles. The molecule has 0 radical (unpaired) electrons. The Morgan fingerprint density at radius 3 is 2.44 bits per heavy atom. The third-order valence-electron chi connectivity index (χ3n) is 5.89. The van der Waals surface area contributed by atoms with E-state index in [9.17, 15) is 17.6 Å². The van der Waals surface area contributed by atoms with Gasteiger partial charge in [-0.05, 0) is 36.6 Å². The molecule has 1 fully saturated rings. The van der Waals surface area contributed by atoms with Crippen LogP contribution < -0.4 is 15.5 Å². The smallest absolute Gasteiger partial charge is 0.475 e. The van der Waals surface area contributed by atoms with E-state index in [-0.39, 0.29) is 5.82 Å². The number of hydrogen-bond donors (Lipinski definition) is 3. The number of carboxylic acids is 1. The number of nitrogens with zero attached hydrogens (tertiary/aromatic N) is 5. The number of anilines is 2. The molecule has 0 bridgehead atoms. The fraction of sp³-hybridized carbons (Fsp3) is 0.308. The summed E-state index contributed by atoms with van der Waals surface area (Å²) in [6.45, 7) is 4.24. The van der Waals surface area contributed by atoms with Gasteiger partial charge in [0, 0.05) is 32.7 Å². The topological polar surface area (TPSA) is 108 Å². The number of carbonyl (C=O) groups is 1. The van der Waals surface area contributed by atoms with E-state index in [2.05, 4.69) is 44.8 Å². The molecular weight excluding hydrogens is 518 g/mol. The van der Waals surface area contributed by atoms with Crippen LogP contribution in [0, 0.1) is 5.82 Å². The first kappa shape index (κ1) is 27.8. The van der Waals surface area contributed by atoms with Crippen LogP contribution in [-0.2, 0) is 11.2 Å². The van der Waals surface area contributed by atoms with Gasteiger partial charge in [0.05, 0.1) is 5.69 Å². The number of aromatic nitrogens is 4. The van der Waals surface area contributed by atoms with Gasteiger partial charge in [-0.15, -0.1) is 0 Å². The summed E-state index contributed by atoms with van der Waals surface area (Å²) in [5, 5.41) is 14.0. The van der Waals surface area contributed by atoms with Gasteiger partial charge in [-0.2, -0.15) is 23.1 Å². The SMILES string of the molecule is Fc1cccc(-n2cnc3c(NCCCc4ccccc4)nc(N4CCNCC4)nc32)c1.O=C(O)C(F)(F)F. The molecule has 0 atom stereocenters. The van der Waals surface area contributed by atoms with Crippen molar-refractivity contribution in [2.45, 2.75) is 19.0 Å². The molecular formula is C26H27F4N7O2. The number of aryl methyl sites for hydroxylation is 1. The Kier molecular flexibility index (Phi) is 8.92. The van der Waals surface area contributed by atoms with Crippen LogP contribution >= 0.6 is 0 Å². The Morgan fingerprint density at radius 2 is 1.77 bits per heavy atom. The second-order valence-electron chi connectivity index (χ2n) is 8.69. The van der Waals surface area contributed by atoms with Gasteiger partial charge in [0.2, 0.25) is 5.95 Å². The zero-order valence-electron chi connectivity index (χ0n) is 20.8. The summed E-state index contributed by atoms with van der Waals surface area (Å²) >= 11 is 0. The van der Waals surface area contributed by atoms with Crippen LogP contribution in [0.5, 0.6) is 0 Å². The van der Waals surface area contributed by atoms with Crippen molar-refractivity contribution in [3.05, 3.63) is 72.3 Å². The third-order valence-corrected chi connectivity index (χ3v) is 5.89. The molecule has 5 rings (SSSR count). The van der Waals surface area contributed by atoms with E-state index >= 15 is 0 Å². The fourth-order valence-electron chi connectivity index (χ4n) is 3.98. The number of fused-ring (bicyclic) bond motifs is 1. The summed E-state index contributed by atoms with van der Waals surface area (Å²) in [4.78, 5) is 25.3. The lowest BCUT2D eigenvalue weighted by molar-refractivity contribution is -0.192. The van der Waals surface area contributed by atoms with E-state index < -0.39 is 12.1 Å². The number of nitrogens with one attached hydrogen (secondary N) is 2. The molecule has 39 heavy (non-hydrogen) atoms. The summed E-state index contributed by atoms with van der Waals surface area (Å²) in [6.07, 6.45) is -1.43. The molecule has 1 aliphatic heterocycles. The van der Waals surface area contributed by atoms with Gasteiger partial charge < -0.3 is 20.6 Å². The lowest BCUT2D eigenvalue weighted by Crippen LogP contribution is -2.44. The monoisotopic (exact) mass is 545 g/mol. The van der Waals surface area contributed by atoms with Gasteiger partial charge in [-0.1, -0.05) is 36.4 Å². The van der Waals surface area contributed by atoms with Gasteiger partial charge >= 0.3 is 12.1 Å². The number of alkyl halides is 3. The minimum absolute atomic E-state index is 0.292. The highest BCUT2D eigenvalue weighted by molar-refractivity contribution is 5.85. The molecule has 13 heteroatoms. The van der Waals surface area contributed by atoms with E-state index in [4.69, 9.17) is 19.9 Å². The zero-order chi connectivity index (χ0) is 27.8. The molecule has 9 nitrogen and oxygen atoms in total. The van der Waals surface area contributed by atoms with E-state index in [1.807, 2.05) is 16.7 Å². The molecule has 4 aromatic rings. The molecule has 1 aliphatic rings. The quantitative estimate of drug-likeness (QED) is 0.236. The molecule has 0 amide bonds. The first-order valence-corrected chi connectivity index (χ1v) is 12.3.